The van der Waals surface area contributed by atoms with E-state index < -0.39 is 11.6 Å². The number of thioether (sulfide) groups is 1. The van der Waals surface area contributed by atoms with E-state index in [0.717, 1.165) is 5.56 Å². The van der Waals surface area contributed by atoms with Crippen LogP contribution >= 0.6 is 11.8 Å². The van der Waals surface area contributed by atoms with Gasteiger partial charge in [-0.3, -0.25) is 4.79 Å². The van der Waals surface area contributed by atoms with Crippen molar-refractivity contribution < 1.29 is 14.3 Å². The lowest BCUT2D eigenvalue weighted by Gasteiger charge is -2.40. The smallest absolute Gasteiger partial charge is 0.253 e. The molecular formula is C18H19FN4O2S. The number of carbonyl (C=O) groups excluding carboxylic acids is 1. The molecule has 1 aromatic carbocycles. The molecule has 2 aromatic rings. The Morgan fingerprint density at radius 2 is 2.04 bits per heavy atom. The quantitative estimate of drug-likeness (QED) is 0.803. The van der Waals surface area contributed by atoms with Crippen LogP contribution in [-0.2, 0) is 12.3 Å². The monoisotopic (exact) mass is 374 g/mol. The summed E-state index contributed by atoms with van der Waals surface area (Å²) in [5.74, 6) is -0.966. The van der Waals surface area contributed by atoms with E-state index in [1.807, 2.05) is 0 Å². The van der Waals surface area contributed by atoms with Crippen molar-refractivity contribution in [2.24, 2.45) is 10.7 Å². The van der Waals surface area contributed by atoms with Gasteiger partial charge in [-0.15, -0.1) is 11.8 Å². The molecule has 26 heavy (non-hydrogen) atoms. The Kier molecular flexibility index (Phi) is 4.72. The number of hydrogen-bond donors (Lipinski definition) is 2. The van der Waals surface area contributed by atoms with Gasteiger partial charge in [0, 0.05) is 12.2 Å². The van der Waals surface area contributed by atoms with Gasteiger partial charge >= 0.3 is 0 Å². The number of nitrogens with two attached hydrogens (primary N) is 1. The molecule has 6 nitrogen and oxygen atoms in total. The lowest BCUT2D eigenvalue weighted by Crippen LogP contribution is -2.45. The number of nitrogens with zero attached hydrogens (tertiary/aromatic N) is 3. The van der Waals surface area contributed by atoms with Crippen molar-refractivity contribution in [1.29, 1.82) is 0 Å². The van der Waals surface area contributed by atoms with Crippen molar-refractivity contribution in [3.63, 3.8) is 0 Å². The third-order valence-electron chi connectivity index (χ3n) is 4.38. The number of carbonyl (C=O) groups is 1. The highest BCUT2D eigenvalue weighted by Crippen LogP contribution is 2.42. The molecule has 1 atom stereocenters. The van der Waals surface area contributed by atoms with Crippen molar-refractivity contribution in [2.75, 3.05) is 6.26 Å². The van der Waals surface area contributed by atoms with Gasteiger partial charge in [0.05, 0.1) is 23.2 Å². The molecule has 1 aromatic heterocycles. The average molecular weight is 374 g/mol. The molecule has 2 heterocycles. The predicted molar refractivity (Wildman–Crippen MR) is 98.9 cm³/mol. The number of aliphatic imine (C=N–C) groups is 1. The van der Waals surface area contributed by atoms with E-state index in [1.165, 1.54) is 30.2 Å². The zero-order valence-electron chi connectivity index (χ0n) is 14.7. The normalized spacial score (nSPS) is 18.7. The van der Waals surface area contributed by atoms with E-state index in [9.17, 15) is 14.3 Å². The molecule has 1 aliphatic heterocycles. The number of aliphatic hydroxyl groups is 1. The zero-order valence-corrected chi connectivity index (χ0v) is 15.5. The highest BCUT2D eigenvalue weighted by Gasteiger charge is 2.39. The molecule has 0 saturated carbocycles. The molecule has 0 fully saturated rings. The number of hydrogen-bond acceptors (Lipinski definition) is 6. The van der Waals surface area contributed by atoms with Crippen molar-refractivity contribution >= 4 is 29.7 Å². The molecule has 1 aliphatic rings. The molecule has 3 rings (SSSR count). The predicted octanol–water partition coefficient (Wildman–Crippen LogP) is 2.69. The number of amides is 1. The van der Waals surface area contributed by atoms with Crippen LogP contribution in [0.15, 0.2) is 34.3 Å². The highest BCUT2D eigenvalue weighted by atomic mass is 32.2. The van der Waals surface area contributed by atoms with Crippen molar-refractivity contribution in [1.82, 2.24) is 9.88 Å². The Bertz CT molecular complexity index is 897. The molecule has 0 saturated heterocycles. The SMILES string of the molecule is CSc1nc(C)c2c(c1C(N)=O)N=CN(Cc1ccc(F)cc1)C2(C)O. The van der Waals surface area contributed by atoms with Gasteiger partial charge in [0.15, 0.2) is 5.72 Å². The van der Waals surface area contributed by atoms with Crippen LogP contribution in [0.2, 0.25) is 0 Å². The van der Waals surface area contributed by atoms with Crippen molar-refractivity contribution in [2.45, 2.75) is 31.1 Å². The molecule has 136 valence electrons. The van der Waals surface area contributed by atoms with Gasteiger partial charge in [0.2, 0.25) is 0 Å². The number of pyridine rings is 1. The van der Waals surface area contributed by atoms with E-state index in [4.69, 9.17) is 5.73 Å². The Labute approximate surface area is 154 Å². The fourth-order valence-electron chi connectivity index (χ4n) is 3.09. The second-order valence-electron chi connectivity index (χ2n) is 6.19. The second kappa shape index (κ2) is 6.69. The minimum atomic E-state index is -1.45. The summed E-state index contributed by atoms with van der Waals surface area (Å²) in [6, 6.07) is 6.01. The third kappa shape index (κ3) is 3.06. The average Bonchev–Trinajstić information content (AvgIpc) is 2.57. The number of aromatic nitrogens is 1. The van der Waals surface area contributed by atoms with Gasteiger partial charge in [0.1, 0.15) is 10.8 Å². The molecular weight excluding hydrogens is 355 g/mol. The van der Waals surface area contributed by atoms with Crippen LogP contribution in [0.5, 0.6) is 0 Å². The number of fused-ring (bicyclic) bond motifs is 1. The maximum atomic E-state index is 13.1. The highest BCUT2D eigenvalue weighted by molar-refractivity contribution is 7.98. The number of aryl methyl sites for hydroxylation is 1. The molecule has 0 spiro atoms. The standard InChI is InChI=1S/C18H19FN4O2S/c1-10-14-15(13(16(20)24)17(22-10)26-3)21-9-23(18(14,2)25)8-11-4-6-12(19)7-5-11/h4-7,9,25H,8H2,1-3H3,(H2,20,24). The summed E-state index contributed by atoms with van der Waals surface area (Å²) in [6.07, 6.45) is 3.27. The minimum absolute atomic E-state index is 0.205. The summed E-state index contributed by atoms with van der Waals surface area (Å²) in [5, 5.41) is 11.7. The van der Waals surface area contributed by atoms with E-state index in [1.54, 1.807) is 37.1 Å². The van der Waals surface area contributed by atoms with Crippen LogP contribution < -0.4 is 5.73 Å². The Morgan fingerprint density at radius 3 is 2.62 bits per heavy atom. The van der Waals surface area contributed by atoms with Crippen LogP contribution in [0, 0.1) is 12.7 Å². The molecule has 8 heteroatoms. The van der Waals surface area contributed by atoms with Crippen LogP contribution in [0.3, 0.4) is 0 Å². The zero-order chi connectivity index (χ0) is 19.1. The van der Waals surface area contributed by atoms with Crippen molar-refractivity contribution in [3.05, 3.63) is 52.5 Å². The molecule has 1 amide bonds. The molecule has 0 radical (unpaired) electrons. The molecule has 0 bridgehead atoms. The summed E-state index contributed by atoms with van der Waals surface area (Å²) in [5.41, 5.74) is 6.44. The maximum Gasteiger partial charge on any atom is 0.253 e. The summed E-state index contributed by atoms with van der Waals surface area (Å²) >= 11 is 1.30. The first kappa shape index (κ1) is 18.3. The van der Waals surface area contributed by atoms with E-state index in [-0.39, 0.29) is 11.4 Å². The summed E-state index contributed by atoms with van der Waals surface area (Å²) in [4.78, 5) is 22.4. The van der Waals surface area contributed by atoms with E-state index in [0.29, 0.717) is 28.5 Å². The van der Waals surface area contributed by atoms with Crippen LogP contribution in [0.25, 0.3) is 0 Å². The first-order valence-electron chi connectivity index (χ1n) is 7.92. The maximum absolute atomic E-state index is 13.1. The van der Waals surface area contributed by atoms with Crippen LogP contribution in [-0.4, -0.2) is 33.5 Å². The van der Waals surface area contributed by atoms with Gasteiger partial charge in [-0.05, 0) is 37.8 Å². The summed E-state index contributed by atoms with van der Waals surface area (Å²) in [7, 11) is 0. The number of halogens is 1. The van der Waals surface area contributed by atoms with E-state index in [2.05, 4.69) is 9.98 Å². The summed E-state index contributed by atoms with van der Waals surface area (Å²) in [6.45, 7) is 3.68. The van der Waals surface area contributed by atoms with Gasteiger partial charge in [-0.25, -0.2) is 14.4 Å². The fourth-order valence-corrected chi connectivity index (χ4v) is 3.72. The Hall–Kier alpha value is -2.45. The number of primary amides is 1. The van der Waals surface area contributed by atoms with Crippen LogP contribution in [0.4, 0.5) is 10.1 Å². The largest absolute Gasteiger partial charge is 0.367 e. The van der Waals surface area contributed by atoms with Crippen molar-refractivity contribution in [3.8, 4) is 0 Å². The number of rotatable bonds is 4. The fraction of sp³-hybridized carbons (Fsp3) is 0.278. The molecule has 0 aliphatic carbocycles. The van der Waals surface area contributed by atoms with Gasteiger partial charge in [-0.1, -0.05) is 12.1 Å². The summed E-state index contributed by atoms with van der Waals surface area (Å²) < 4.78 is 13.1. The molecule has 1 unspecified atom stereocenters. The lowest BCUT2D eigenvalue weighted by atomic mass is 9.95. The number of benzene rings is 1. The first-order chi connectivity index (χ1) is 12.3. The topological polar surface area (TPSA) is 91.8 Å². The van der Waals surface area contributed by atoms with Gasteiger partial charge in [-0.2, -0.15) is 0 Å². The second-order valence-corrected chi connectivity index (χ2v) is 6.98. The van der Waals surface area contributed by atoms with Gasteiger partial charge in [0.25, 0.3) is 5.91 Å². The third-order valence-corrected chi connectivity index (χ3v) is 5.07. The first-order valence-corrected chi connectivity index (χ1v) is 9.14. The lowest BCUT2D eigenvalue weighted by molar-refractivity contribution is -0.0632. The minimum Gasteiger partial charge on any atom is -0.367 e. The molecule has 3 N–H and O–H groups in total. The van der Waals surface area contributed by atoms with E-state index >= 15 is 0 Å². The Morgan fingerprint density at radius 1 is 1.38 bits per heavy atom. The van der Waals surface area contributed by atoms with Gasteiger partial charge < -0.3 is 15.7 Å². The Balaban J connectivity index is 2.09. The van der Waals surface area contributed by atoms with Crippen LogP contribution in [0.1, 0.15) is 34.1 Å².